The van der Waals surface area contributed by atoms with Gasteiger partial charge < -0.3 is 4.98 Å². The highest BCUT2D eigenvalue weighted by molar-refractivity contribution is 5.98. The van der Waals surface area contributed by atoms with Gasteiger partial charge in [-0.05, 0) is 31.5 Å². The molecule has 1 aromatic heterocycles. The molecule has 9 heteroatoms. The number of carbonyl (C=O) groups is 1. The molecule has 1 fully saturated rings. The van der Waals surface area contributed by atoms with Crippen LogP contribution in [-0.4, -0.2) is 33.7 Å². The molecule has 144 valence electrons. The molecular weight excluding hydrogens is 363 g/mol. The van der Waals surface area contributed by atoms with Crippen molar-refractivity contribution >= 4 is 5.78 Å². The Hall–Kier alpha value is -2.68. The third kappa shape index (κ3) is 4.54. The maximum Gasteiger partial charge on any atom is 0.416 e. The standard InChI is InChI=1S/C18H18F3N3O3/c19-18(20,21)14-5-1-3-11(7-14)15(25)12-4-2-6-24(9-12)10-13-8-22-17(27)23-16(13)26/h1,3,5,7-8,12H,2,4,6,9-10H2,(H2,22,23,26,27)/t12-/m0/s1. The summed E-state index contributed by atoms with van der Waals surface area (Å²) in [6.07, 6.45) is -1.90. The first-order valence-corrected chi connectivity index (χ1v) is 8.49. The molecule has 1 aliphatic rings. The molecule has 0 bridgehead atoms. The topological polar surface area (TPSA) is 86.0 Å². The van der Waals surface area contributed by atoms with Gasteiger partial charge in [0.25, 0.3) is 5.56 Å². The van der Waals surface area contributed by atoms with Gasteiger partial charge in [-0.1, -0.05) is 12.1 Å². The zero-order valence-electron chi connectivity index (χ0n) is 14.3. The Morgan fingerprint density at radius 2 is 2.04 bits per heavy atom. The lowest BCUT2D eigenvalue weighted by Gasteiger charge is -2.31. The fourth-order valence-corrected chi connectivity index (χ4v) is 3.29. The molecule has 0 amide bonds. The van der Waals surface area contributed by atoms with Crippen molar-refractivity contribution in [2.24, 2.45) is 5.92 Å². The summed E-state index contributed by atoms with van der Waals surface area (Å²) in [5.41, 5.74) is -1.54. The number of nitrogens with one attached hydrogen (secondary N) is 2. The van der Waals surface area contributed by atoms with Crippen LogP contribution in [0.3, 0.4) is 0 Å². The van der Waals surface area contributed by atoms with Crippen molar-refractivity contribution < 1.29 is 18.0 Å². The number of piperidine rings is 1. The molecule has 6 nitrogen and oxygen atoms in total. The van der Waals surface area contributed by atoms with Crippen molar-refractivity contribution in [1.29, 1.82) is 0 Å². The van der Waals surface area contributed by atoms with Crippen LogP contribution >= 0.6 is 0 Å². The van der Waals surface area contributed by atoms with Crippen LogP contribution in [-0.2, 0) is 12.7 Å². The first-order chi connectivity index (χ1) is 12.7. The Bertz CT molecular complexity index is 949. The number of alkyl halides is 3. The van der Waals surface area contributed by atoms with E-state index in [1.165, 1.54) is 18.3 Å². The molecule has 1 atom stereocenters. The fraction of sp³-hybridized carbons (Fsp3) is 0.389. The maximum atomic E-state index is 12.9. The SMILES string of the molecule is O=C(c1cccc(C(F)(F)F)c1)[C@H]1CCCN(Cc2c[nH]c(=O)[nH]c2=O)C1. The van der Waals surface area contributed by atoms with E-state index in [2.05, 4.69) is 9.97 Å². The average Bonchev–Trinajstić information content (AvgIpc) is 2.63. The number of likely N-dealkylation sites (tertiary alicyclic amines) is 1. The number of nitrogens with zero attached hydrogens (tertiary/aromatic N) is 1. The highest BCUT2D eigenvalue weighted by Crippen LogP contribution is 2.30. The normalized spacial score (nSPS) is 18.4. The van der Waals surface area contributed by atoms with Crippen LogP contribution < -0.4 is 11.2 Å². The number of hydrogen-bond acceptors (Lipinski definition) is 4. The molecule has 0 aliphatic carbocycles. The molecule has 2 heterocycles. The predicted molar refractivity (Wildman–Crippen MR) is 91.5 cm³/mol. The van der Waals surface area contributed by atoms with E-state index in [-0.39, 0.29) is 17.9 Å². The number of carbonyl (C=O) groups excluding carboxylic acids is 1. The van der Waals surface area contributed by atoms with Crippen molar-refractivity contribution in [3.8, 4) is 0 Å². The van der Waals surface area contributed by atoms with Gasteiger partial charge in [0, 0.05) is 36.3 Å². The largest absolute Gasteiger partial charge is 0.416 e. The van der Waals surface area contributed by atoms with E-state index in [9.17, 15) is 27.6 Å². The zero-order chi connectivity index (χ0) is 19.6. The third-order valence-corrected chi connectivity index (χ3v) is 4.64. The van der Waals surface area contributed by atoms with E-state index in [1.54, 1.807) is 0 Å². The number of hydrogen-bond donors (Lipinski definition) is 2. The minimum absolute atomic E-state index is 0.0403. The monoisotopic (exact) mass is 381 g/mol. The van der Waals surface area contributed by atoms with Crippen LogP contribution in [0.1, 0.15) is 34.3 Å². The van der Waals surface area contributed by atoms with E-state index >= 15 is 0 Å². The van der Waals surface area contributed by atoms with Gasteiger partial charge >= 0.3 is 11.9 Å². The molecule has 0 radical (unpaired) electrons. The van der Waals surface area contributed by atoms with Gasteiger partial charge in [-0.3, -0.25) is 19.5 Å². The minimum atomic E-state index is -4.50. The second kappa shape index (κ2) is 7.51. The van der Waals surface area contributed by atoms with Gasteiger partial charge in [0.05, 0.1) is 5.56 Å². The first-order valence-electron chi connectivity index (χ1n) is 8.49. The number of halogens is 3. The number of benzene rings is 1. The third-order valence-electron chi connectivity index (χ3n) is 4.64. The summed E-state index contributed by atoms with van der Waals surface area (Å²) in [5.74, 6) is -0.773. The van der Waals surface area contributed by atoms with E-state index < -0.39 is 28.9 Å². The summed E-state index contributed by atoms with van der Waals surface area (Å²) < 4.78 is 38.6. The number of aromatic amines is 2. The lowest BCUT2D eigenvalue weighted by atomic mass is 9.89. The second-order valence-corrected chi connectivity index (χ2v) is 6.61. The molecule has 1 aliphatic heterocycles. The summed E-state index contributed by atoms with van der Waals surface area (Å²) >= 11 is 0. The van der Waals surface area contributed by atoms with Crippen molar-refractivity contribution in [3.63, 3.8) is 0 Å². The highest BCUT2D eigenvalue weighted by atomic mass is 19.4. The molecule has 0 unspecified atom stereocenters. The van der Waals surface area contributed by atoms with Gasteiger partial charge in [0.2, 0.25) is 0 Å². The van der Waals surface area contributed by atoms with Crippen LogP contribution in [0, 0.1) is 5.92 Å². The molecule has 0 spiro atoms. The van der Waals surface area contributed by atoms with E-state index in [0.29, 0.717) is 31.5 Å². The Morgan fingerprint density at radius 3 is 2.74 bits per heavy atom. The van der Waals surface area contributed by atoms with Gasteiger partial charge in [0.1, 0.15) is 0 Å². The minimum Gasteiger partial charge on any atom is -0.314 e. The van der Waals surface area contributed by atoms with E-state index in [0.717, 1.165) is 12.1 Å². The highest BCUT2D eigenvalue weighted by Gasteiger charge is 2.32. The molecule has 2 N–H and O–H groups in total. The summed E-state index contributed by atoms with van der Waals surface area (Å²) in [6.45, 7) is 1.25. The van der Waals surface area contributed by atoms with Crippen LogP contribution in [0.25, 0.3) is 0 Å². The van der Waals surface area contributed by atoms with Crippen LogP contribution in [0.4, 0.5) is 13.2 Å². The Labute approximate surface area is 152 Å². The quantitative estimate of drug-likeness (QED) is 0.795. The van der Waals surface area contributed by atoms with Crippen LogP contribution in [0.2, 0.25) is 0 Å². The lowest BCUT2D eigenvalue weighted by Crippen LogP contribution is -2.40. The Morgan fingerprint density at radius 1 is 1.26 bits per heavy atom. The summed E-state index contributed by atoms with van der Waals surface area (Å²) in [6, 6.07) is 4.44. The smallest absolute Gasteiger partial charge is 0.314 e. The zero-order valence-corrected chi connectivity index (χ0v) is 14.3. The van der Waals surface area contributed by atoms with Gasteiger partial charge in [-0.15, -0.1) is 0 Å². The van der Waals surface area contributed by atoms with E-state index in [4.69, 9.17) is 0 Å². The number of rotatable bonds is 4. The predicted octanol–water partition coefficient (Wildman–Crippen LogP) is 2.18. The van der Waals surface area contributed by atoms with Crippen molar-refractivity contribution in [2.45, 2.75) is 25.6 Å². The van der Waals surface area contributed by atoms with Crippen LogP contribution in [0.15, 0.2) is 40.1 Å². The van der Waals surface area contributed by atoms with Gasteiger partial charge in [-0.2, -0.15) is 13.2 Å². The molecule has 3 rings (SSSR count). The van der Waals surface area contributed by atoms with Gasteiger partial charge in [0.15, 0.2) is 5.78 Å². The first kappa shape index (κ1) is 19.1. The molecule has 2 aromatic rings. The van der Waals surface area contributed by atoms with Crippen molar-refractivity contribution in [1.82, 2.24) is 14.9 Å². The summed E-state index contributed by atoms with van der Waals surface area (Å²) in [5, 5.41) is 0. The molecule has 0 saturated carbocycles. The molecular formula is C18H18F3N3O3. The van der Waals surface area contributed by atoms with Crippen molar-refractivity contribution in [2.75, 3.05) is 13.1 Å². The Balaban J connectivity index is 1.73. The average molecular weight is 381 g/mol. The Kier molecular flexibility index (Phi) is 5.31. The van der Waals surface area contributed by atoms with Crippen molar-refractivity contribution in [3.05, 3.63) is 68.0 Å². The summed E-state index contributed by atoms with van der Waals surface area (Å²) in [7, 11) is 0. The molecule has 27 heavy (non-hydrogen) atoms. The maximum absolute atomic E-state index is 12.9. The lowest BCUT2D eigenvalue weighted by molar-refractivity contribution is -0.137. The molecule has 1 saturated heterocycles. The van der Waals surface area contributed by atoms with E-state index in [1.807, 2.05) is 4.90 Å². The molecule has 1 aromatic carbocycles. The number of Topliss-reactive ketones (excluding diaryl/α,β-unsaturated/α-hetero) is 1. The van der Waals surface area contributed by atoms with Crippen LogP contribution in [0.5, 0.6) is 0 Å². The second-order valence-electron chi connectivity index (χ2n) is 6.61. The number of ketones is 1. The summed E-state index contributed by atoms with van der Waals surface area (Å²) in [4.78, 5) is 42.0. The number of H-pyrrole nitrogens is 2. The van der Waals surface area contributed by atoms with Gasteiger partial charge in [-0.25, -0.2) is 4.79 Å². The number of aromatic nitrogens is 2. The fourth-order valence-electron chi connectivity index (χ4n) is 3.29.